The number of thioether (sulfide) groups is 1. The predicted molar refractivity (Wildman–Crippen MR) is 95.4 cm³/mol. The van der Waals surface area contributed by atoms with E-state index in [1.165, 1.54) is 4.90 Å². The molecule has 0 fully saturated rings. The van der Waals surface area contributed by atoms with E-state index in [9.17, 15) is 4.79 Å². The van der Waals surface area contributed by atoms with E-state index in [4.69, 9.17) is 0 Å². The molecule has 3 aromatic rings. The van der Waals surface area contributed by atoms with Crippen LogP contribution in [0.3, 0.4) is 0 Å². The van der Waals surface area contributed by atoms with Crippen molar-refractivity contribution >= 4 is 51.8 Å². The first-order valence-electron chi connectivity index (χ1n) is 7.29. The maximum Gasteiger partial charge on any atom is 0.243 e. The maximum atomic E-state index is 12.5. The molecule has 0 aliphatic carbocycles. The van der Waals surface area contributed by atoms with Gasteiger partial charge in [-0.05, 0) is 24.3 Å². The Hall–Kier alpha value is -2.12. The standard InChI is InChI=1S/C16H14N4OS2/c21-15(17-11-4-3-5-12-16(11)19-23-18-12)10-20-8-9-22-14-7-2-1-6-13(14)20/h1-7H,8-10H2,(H,17,21). The highest BCUT2D eigenvalue weighted by molar-refractivity contribution is 7.99. The van der Waals surface area contributed by atoms with E-state index in [0.29, 0.717) is 6.54 Å². The third-order valence-electron chi connectivity index (χ3n) is 3.72. The van der Waals surface area contributed by atoms with Crippen molar-refractivity contribution in [2.45, 2.75) is 4.90 Å². The second-order valence-electron chi connectivity index (χ2n) is 5.22. The zero-order valence-electron chi connectivity index (χ0n) is 12.2. The van der Waals surface area contributed by atoms with Gasteiger partial charge in [0.05, 0.1) is 29.6 Å². The zero-order valence-corrected chi connectivity index (χ0v) is 13.9. The SMILES string of the molecule is O=C(CN1CCSc2ccccc21)Nc1cccc2nsnc12. The number of carbonyl (C=O) groups is 1. The summed E-state index contributed by atoms with van der Waals surface area (Å²) in [4.78, 5) is 15.8. The minimum absolute atomic E-state index is 0.0350. The molecule has 2 aromatic carbocycles. The highest BCUT2D eigenvalue weighted by atomic mass is 32.2. The van der Waals surface area contributed by atoms with Crippen LogP contribution < -0.4 is 10.2 Å². The maximum absolute atomic E-state index is 12.5. The number of nitrogens with zero attached hydrogens (tertiary/aromatic N) is 3. The van der Waals surface area contributed by atoms with Gasteiger partial charge in [0, 0.05) is 17.2 Å². The molecule has 1 aromatic heterocycles. The molecule has 0 atom stereocenters. The third-order valence-corrected chi connectivity index (χ3v) is 5.30. The van der Waals surface area contributed by atoms with E-state index in [-0.39, 0.29) is 5.91 Å². The molecule has 2 heterocycles. The first-order valence-corrected chi connectivity index (χ1v) is 9.01. The number of anilines is 2. The van der Waals surface area contributed by atoms with Crippen LogP contribution >= 0.6 is 23.5 Å². The van der Waals surface area contributed by atoms with E-state index in [1.54, 1.807) is 0 Å². The number of carbonyl (C=O) groups excluding carboxylic acids is 1. The summed E-state index contributed by atoms with van der Waals surface area (Å²) in [5.74, 6) is 0.961. The summed E-state index contributed by atoms with van der Waals surface area (Å²) >= 11 is 2.99. The summed E-state index contributed by atoms with van der Waals surface area (Å²) in [6.07, 6.45) is 0. The van der Waals surface area contributed by atoms with Crippen LogP contribution in [0, 0.1) is 0 Å². The third kappa shape index (κ3) is 2.89. The first-order chi connectivity index (χ1) is 11.3. The number of fused-ring (bicyclic) bond motifs is 2. The summed E-state index contributed by atoms with van der Waals surface area (Å²) in [5.41, 5.74) is 3.42. The fraction of sp³-hybridized carbons (Fsp3) is 0.188. The molecule has 0 bridgehead atoms. The van der Waals surface area contributed by atoms with Crippen molar-refractivity contribution in [1.29, 1.82) is 0 Å². The Balaban J connectivity index is 1.52. The monoisotopic (exact) mass is 342 g/mol. The molecule has 0 spiro atoms. The number of rotatable bonds is 3. The van der Waals surface area contributed by atoms with Crippen LogP contribution in [0.25, 0.3) is 11.0 Å². The normalized spacial score (nSPS) is 13.8. The Kier molecular flexibility index (Phi) is 3.88. The van der Waals surface area contributed by atoms with Gasteiger partial charge in [0.1, 0.15) is 11.0 Å². The van der Waals surface area contributed by atoms with Gasteiger partial charge in [0.25, 0.3) is 0 Å². The van der Waals surface area contributed by atoms with Gasteiger partial charge in [0.2, 0.25) is 5.91 Å². The van der Waals surface area contributed by atoms with Gasteiger partial charge in [-0.2, -0.15) is 8.75 Å². The van der Waals surface area contributed by atoms with E-state index in [2.05, 4.69) is 31.1 Å². The van der Waals surface area contributed by atoms with Gasteiger partial charge < -0.3 is 10.2 Å². The molecular weight excluding hydrogens is 328 g/mol. The van der Waals surface area contributed by atoms with Crippen molar-refractivity contribution in [3.8, 4) is 0 Å². The molecule has 0 saturated heterocycles. The second-order valence-corrected chi connectivity index (χ2v) is 6.89. The second kappa shape index (κ2) is 6.17. The summed E-state index contributed by atoms with van der Waals surface area (Å²) in [6, 6.07) is 13.9. The van der Waals surface area contributed by atoms with Crippen molar-refractivity contribution in [2.75, 3.05) is 29.1 Å². The molecule has 116 valence electrons. The van der Waals surface area contributed by atoms with E-state index in [0.717, 1.165) is 46.4 Å². The van der Waals surface area contributed by atoms with Crippen molar-refractivity contribution < 1.29 is 4.79 Å². The van der Waals surface area contributed by atoms with Gasteiger partial charge in [0.15, 0.2) is 0 Å². The van der Waals surface area contributed by atoms with Gasteiger partial charge >= 0.3 is 0 Å². The number of hydrogen-bond acceptors (Lipinski definition) is 6. The molecule has 7 heteroatoms. The van der Waals surface area contributed by atoms with Crippen LogP contribution in [0.15, 0.2) is 47.4 Å². The Morgan fingerprint density at radius 1 is 1.17 bits per heavy atom. The summed E-state index contributed by atoms with van der Waals surface area (Å²) in [5, 5.41) is 2.97. The molecule has 0 unspecified atom stereocenters. The van der Waals surface area contributed by atoms with Crippen molar-refractivity contribution in [3.63, 3.8) is 0 Å². The fourth-order valence-electron chi connectivity index (χ4n) is 2.66. The molecule has 1 amide bonds. The minimum atomic E-state index is -0.0350. The smallest absolute Gasteiger partial charge is 0.243 e. The lowest BCUT2D eigenvalue weighted by Crippen LogP contribution is -2.36. The molecule has 0 radical (unpaired) electrons. The molecule has 4 rings (SSSR count). The quantitative estimate of drug-likeness (QED) is 0.792. The van der Waals surface area contributed by atoms with Gasteiger partial charge in [-0.1, -0.05) is 18.2 Å². The highest BCUT2D eigenvalue weighted by Gasteiger charge is 2.19. The molecule has 0 saturated carbocycles. The number of nitrogens with one attached hydrogen (secondary N) is 1. The van der Waals surface area contributed by atoms with E-state index in [1.807, 2.05) is 42.1 Å². The molecule has 1 aliphatic rings. The van der Waals surface area contributed by atoms with Crippen LogP contribution in [-0.2, 0) is 4.79 Å². The van der Waals surface area contributed by atoms with Crippen molar-refractivity contribution in [2.24, 2.45) is 0 Å². The lowest BCUT2D eigenvalue weighted by molar-refractivity contribution is -0.115. The van der Waals surface area contributed by atoms with Crippen molar-refractivity contribution in [1.82, 2.24) is 8.75 Å². The molecule has 1 N–H and O–H groups in total. The Morgan fingerprint density at radius 2 is 2.09 bits per heavy atom. The van der Waals surface area contributed by atoms with Crippen molar-refractivity contribution in [3.05, 3.63) is 42.5 Å². The lowest BCUT2D eigenvalue weighted by atomic mass is 10.2. The predicted octanol–water partition coefficient (Wildman–Crippen LogP) is 3.24. The van der Waals surface area contributed by atoms with Crippen LogP contribution in [0.2, 0.25) is 0 Å². The lowest BCUT2D eigenvalue weighted by Gasteiger charge is -2.30. The van der Waals surface area contributed by atoms with Crippen LogP contribution in [-0.4, -0.2) is 33.5 Å². The topological polar surface area (TPSA) is 58.1 Å². The summed E-state index contributed by atoms with van der Waals surface area (Å²) in [7, 11) is 0. The summed E-state index contributed by atoms with van der Waals surface area (Å²) < 4.78 is 8.45. The van der Waals surface area contributed by atoms with Crippen LogP contribution in [0.5, 0.6) is 0 Å². The van der Waals surface area contributed by atoms with Gasteiger partial charge in [-0.25, -0.2) is 0 Å². The minimum Gasteiger partial charge on any atom is -0.360 e. The molecule has 23 heavy (non-hydrogen) atoms. The van der Waals surface area contributed by atoms with E-state index >= 15 is 0 Å². The molecule has 1 aliphatic heterocycles. The zero-order chi connectivity index (χ0) is 15.6. The average molecular weight is 342 g/mol. The molecule has 5 nitrogen and oxygen atoms in total. The highest BCUT2D eigenvalue weighted by Crippen LogP contribution is 2.34. The van der Waals surface area contributed by atoms with Crippen LogP contribution in [0.1, 0.15) is 0 Å². The largest absolute Gasteiger partial charge is 0.360 e. The number of aromatic nitrogens is 2. The number of benzene rings is 2. The number of amides is 1. The Labute approximate surface area is 142 Å². The fourth-order valence-corrected chi connectivity index (χ4v) is 4.26. The first kappa shape index (κ1) is 14.5. The van der Waals surface area contributed by atoms with Crippen LogP contribution in [0.4, 0.5) is 11.4 Å². The average Bonchev–Trinajstić information content (AvgIpc) is 3.05. The number of para-hydroxylation sites is 1. The summed E-state index contributed by atoms with van der Waals surface area (Å²) in [6.45, 7) is 1.21. The van der Waals surface area contributed by atoms with Gasteiger partial charge in [-0.15, -0.1) is 11.8 Å². The van der Waals surface area contributed by atoms with Gasteiger partial charge in [-0.3, -0.25) is 4.79 Å². The number of hydrogen-bond donors (Lipinski definition) is 1. The Morgan fingerprint density at radius 3 is 3.04 bits per heavy atom. The van der Waals surface area contributed by atoms with E-state index < -0.39 is 0 Å². The molecular formula is C16H14N4OS2. The Bertz CT molecular complexity index is 864.